The third-order valence-electron chi connectivity index (χ3n) is 3.44. The molecule has 0 spiro atoms. The average molecular weight is 363 g/mol. The van der Waals surface area contributed by atoms with Gasteiger partial charge in [-0.2, -0.15) is 16.8 Å². The summed E-state index contributed by atoms with van der Waals surface area (Å²) in [5.41, 5.74) is 1.67. The van der Waals surface area contributed by atoms with Gasteiger partial charge in [-0.05, 0) is 25.3 Å². The van der Waals surface area contributed by atoms with E-state index in [2.05, 4.69) is 16.4 Å². The number of carbonyl (C=O) groups is 1. The number of fused-ring (bicyclic) bond motifs is 1. The van der Waals surface area contributed by atoms with Gasteiger partial charge < -0.3 is 13.8 Å². The molecule has 0 atom stereocenters. The smallest absolute Gasteiger partial charge is 0.318 e. The Kier molecular flexibility index (Phi) is 5.06. The topological polar surface area (TPSA) is 69.6 Å². The Morgan fingerprint density at radius 2 is 2.29 bits per heavy atom. The van der Waals surface area contributed by atoms with Gasteiger partial charge in [0.2, 0.25) is 5.76 Å². The highest BCUT2D eigenvalue weighted by molar-refractivity contribution is 7.98. The molecule has 0 radical (unpaired) electrons. The predicted molar refractivity (Wildman–Crippen MR) is 95.9 cm³/mol. The van der Waals surface area contributed by atoms with E-state index in [0.717, 1.165) is 28.3 Å². The molecule has 3 rings (SSSR count). The number of hydrogen-bond donors (Lipinski definition) is 0. The summed E-state index contributed by atoms with van der Waals surface area (Å²) in [7, 11) is 1.64. The minimum Gasteiger partial charge on any atom is -0.497 e. The lowest BCUT2D eigenvalue weighted by Gasteiger charge is -2.05. The summed E-state index contributed by atoms with van der Waals surface area (Å²) < 4.78 is 13.4. The minimum atomic E-state index is -0.424. The standard InChI is InChI=1S/C16H17N3O3S2/c1-10-8-13(22-18-10)15(20)17-16-19(6-7-23-3)12-9-11(21-2)4-5-14(12)24-16/h4-5,8-9H,6-7H2,1-3H3. The van der Waals surface area contributed by atoms with Crippen LogP contribution in [0.5, 0.6) is 5.75 Å². The highest BCUT2D eigenvalue weighted by atomic mass is 32.2. The van der Waals surface area contributed by atoms with Crippen molar-refractivity contribution in [2.45, 2.75) is 13.5 Å². The molecule has 0 aliphatic heterocycles. The Morgan fingerprint density at radius 3 is 2.96 bits per heavy atom. The highest BCUT2D eigenvalue weighted by Gasteiger charge is 2.13. The van der Waals surface area contributed by atoms with Crippen molar-refractivity contribution >= 4 is 39.2 Å². The molecular weight excluding hydrogens is 346 g/mol. The van der Waals surface area contributed by atoms with Crippen molar-refractivity contribution in [2.24, 2.45) is 4.99 Å². The van der Waals surface area contributed by atoms with Crippen molar-refractivity contribution in [3.63, 3.8) is 0 Å². The number of aromatic nitrogens is 2. The van der Waals surface area contributed by atoms with Gasteiger partial charge in [-0.3, -0.25) is 4.79 Å². The van der Waals surface area contributed by atoms with Gasteiger partial charge in [-0.15, -0.1) is 0 Å². The van der Waals surface area contributed by atoms with Gasteiger partial charge in [0.1, 0.15) is 5.75 Å². The third kappa shape index (κ3) is 3.39. The monoisotopic (exact) mass is 363 g/mol. The van der Waals surface area contributed by atoms with Crippen molar-refractivity contribution in [1.29, 1.82) is 0 Å². The Bertz CT molecular complexity index is 940. The van der Waals surface area contributed by atoms with Gasteiger partial charge in [0.15, 0.2) is 4.80 Å². The Morgan fingerprint density at radius 1 is 1.46 bits per heavy atom. The van der Waals surface area contributed by atoms with Crippen molar-refractivity contribution in [3.05, 3.63) is 40.5 Å². The van der Waals surface area contributed by atoms with E-state index in [-0.39, 0.29) is 5.76 Å². The number of rotatable bonds is 5. The van der Waals surface area contributed by atoms with E-state index in [1.165, 1.54) is 11.3 Å². The molecule has 0 saturated heterocycles. The highest BCUT2D eigenvalue weighted by Crippen LogP contribution is 2.23. The number of benzene rings is 1. The molecule has 6 nitrogen and oxygen atoms in total. The van der Waals surface area contributed by atoms with Gasteiger partial charge in [-0.25, -0.2) is 0 Å². The summed E-state index contributed by atoms with van der Waals surface area (Å²) in [6.45, 7) is 2.53. The Labute approximate surface area is 147 Å². The molecule has 1 amide bonds. The second kappa shape index (κ2) is 7.23. The minimum absolute atomic E-state index is 0.152. The second-order valence-electron chi connectivity index (χ2n) is 5.11. The largest absolute Gasteiger partial charge is 0.497 e. The van der Waals surface area contributed by atoms with Gasteiger partial charge in [0, 0.05) is 24.4 Å². The van der Waals surface area contributed by atoms with Crippen LogP contribution in [0.1, 0.15) is 16.2 Å². The van der Waals surface area contributed by atoms with Crippen LogP contribution in [0.3, 0.4) is 0 Å². The van der Waals surface area contributed by atoms with E-state index >= 15 is 0 Å². The fourth-order valence-electron chi connectivity index (χ4n) is 2.27. The molecule has 0 saturated carbocycles. The zero-order chi connectivity index (χ0) is 17.1. The first-order chi connectivity index (χ1) is 11.6. The molecule has 3 aromatic rings. The average Bonchev–Trinajstić information content (AvgIpc) is 3.16. The van der Waals surface area contributed by atoms with Crippen molar-refractivity contribution in [1.82, 2.24) is 9.72 Å². The van der Waals surface area contributed by atoms with Crippen LogP contribution >= 0.6 is 23.1 Å². The van der Waals surface area contributed by atoms with Crippen molar-refractivity contribution in [2.75, 3.05) is 19.1 Å². The molecule has 0 N–H and O–H groups in total. The van der Waals surface area contributed by atoms with Crippen LogP contribution in [0.4, 0.5) is 0 Å². The molecule has 24 heavy (non-hydrogen) atoms. The number of amides is 1. The van der Waals surface area contributed by atoms with Crippen LogP contribution in [0.15, 0.2) is 33.8 Å². The third-order valence-corrected chi connectivity index (χ3v) is 5.09. The Balaban J connectivity index is 2.11. The summed E-state index contributed by atoms with van der Waals surface area (Å²) in [6, 6.07) is 7.45. The first-order valence-electron chi connectivity index (χ1n) is 7.31. The lowest BCUT2D eigenvalue weighted by Crippen LogP contribution is -2.18. The molecule has 8 heteroatoms. The maximum Gasteiger partial charge on any atom is 0.318 e. The van der Waals surface area contributed by atoms with Gasteiger partial charge >= 0.3 is 5.91 Å². The predicted octanol–water partition coefficient (Wildman–Crippen LogP) is 3.11. The number of aryl methyl sites for hydroxylation is 2. The molecule has 126 valence electrons. The van der Waals surface area contributed by atoms with E-state index in [1.807, 2.05) is 22.8 Å². The summed E-state index contributed by atoms with van der Waals surface area (Å²) >= 11 is 3.22. The number of thiazole rings is 1. The molecule has 0 aliphatic rings. The Hall–Kier alpha value is -2.06. The van der Waals surface area contributed by atoms with E-state index in [1.54, 1.807) is 31.9 Å². The van der Waals surface area contributed by atoms with Gasteiger partial charge in [0.25, 0.3) is 0 Å². The normalized spacial score (nSPS) is 12.0. The lowest BCUT2D eigenvalue weighted by molar-refractivity contribution is 0.0962. The summed E-state index contributed by atoms with van der Waals surface area (Å²) in [5, 5.41) is 3.74. The van der Waals surface area contributed by atoms with Crippen LogP contribution in [0, 0.1) is 6.92 Å². The molecular formula is C16H17N3O3S2. The quantitative estimate of drug-likeness (QED) is 0.697. The number of nitrogens with zero attached hydrogens (tertiary/aromatic N) is 3. The maximum absolute atomic E-state index is 12.3. The fourth-order valence-corrected chi connectivity index (χ4v) is 3.67. The summed E-state index contributed by atoms with van der Waals surface area (Å²) in [5.74, 6) is 1.43. The first-order valence-corrected chi connectivity index (χ1v) is 9.52. The number of hydrogen-bond acceptors (Lipinski definition) is 6. The molecule has 1 aromatic carbocycles. The second-order valence-corrected chi connectivity index (χ2v) is 7.11. The molecule has 0 bridgehead atoms. The van der Waals surface area contributed by atoms with Crippen LogP contribution in [0.25, 0.3) is 10.2 Å². The number of ether oxygens (including phenoxy) is 1. The van der Waals surface area contributed by atoms with Crippen LogP contribution in [-0.2, 0) is 6.54 Å². The first kappa shape index (κ1) is 16.8. The molecule has 2 heterocycles. The summed E-state index contributed by atoms with van der Waals surface area (Å²) in [6.07, 6.45) is 2.05. The maximum atomic E-state index is 12.3. The number of thioether (sulfide) groups is 1. The van der Waals surface area contributed by atoms with Crippen LogP contribution in [0.2, 0.25) is 0 Å². The zero-order valence-electron chi connectivity index (χ0n) is 13.6. The van der Waals surface area contributed by atoms with E-state index < -0.39 is 5.91 Å². The zero-order valence-corrected chi connectivity index (χ0v) is 15.2. The van der Waals surface area contributed by atoms with Crippen molar-refractivity contribution < 1.29 is 14.1 Å². The SMILES string of the molecule is COc1ccc2sc(=NC(=O)c3cc(C)no3)n(CCSC)c2c1. The lowest BCUT2D eigenvalue weighted by atomic mass is 10.3. The van der Waals surface area contributed by atoms with Crippen LogP contribution in [-0.4, -0.2) is 34.7 Å². The summed E-state index contributed by atoms with van der Waals surface area (Å²) in [4.78, 5) is 17.2. The van der Waals surface area contributed by atoms with E-state index in [0.29, 0.717) is 10.5 Å². The molecule has 0 unspecified atom stereocenters. The number of carbonyl (C=O) groups excluding carboxylic acids is 1. The molecule has 2 aromatic heterocycles. The molecule has 0 fully saturated rings. The van der Waals surface area contributed by atoms with E-state index in [4.69, 9.17) is 9.26 Å². The van der Waals surface area contributed by atoms with Crippen LogP contribution < -0.4 is 9.54 Å². The van der Waals surface area contributed by atoms with Gasteiger partial charge in [-0.1, -0.05) is 16.5 Å². The molecule has 0 aliphatic carbocycles. The van der Waals surface area contributed by atoms with E-state index in [9.17, 15) is 4.79 Å². The fraction of sp³-hybridized carbons (Fsp3) is 0.312. The number of methoxy groups -OCH3 is 1. The van der Waals surface area contributed by atoms with Crippen molar-refractivity contribution in [3.8, 4) is 5.75 Å². The van der Waals surface area contributed by atoms with Gasteiger partial charge in [0.05, 0.1) is 23.0 Å².